The van der Waals surface area contributed by atoms with Gasteiger partial charge in [-0.25, -0.2) is 0 Å². The van der Waals surface area contributed by atoms with Gasteiger partial charge in [0.2, 0.25) is 6.29 Å². The van der Waals surface area contributed by atoms with E-state index in [1.807, 2.05) is 30.3 Å². The van der Waals surface area contributed by atoms with Gasteiger partial charge in [0, 0.05) is 5.56 Å². The molecule has 2 atom stereocenters. The van der Waals surface area contributed by atoms with Gasteiger partial charge >= 0.3 is 0 Å². The molecule has 0 radical (unpaired) electrons. The van der Waals surface area contributed by atoms with Gasteiger partial charge in [0.15, 0.2) is 0 Å². The monoisotopic (exact) mass is 202 g/mol. The van der Waals surface area contributed by atoms with Gasteiger partial charge in [-0.1, -0.05) is 30.3 Å². The minimum absolute atomic E-state index is 0.564. The molecule has 0 unspecified atom stereocenters. The number of rotatable bonds is 0. The fraction of sp³-hybridized carbons (Fsp3) is 0.167. The van der Waals surface area contributed by atoms with Crippen LogP contribution in [0.5, 0.6) is 5.75 Å². The molecule has 1 heterocycles. The van der Waals surface area contributed by atoms with Gasteiger partial charge in [-0.05, 0) is 16.8 Å². The van der Waals surface area contributed by atoms with Crippen LogP contribution >= 0.6 is 0 Å². The molecule has 1 aliphatic rings. The summed E-state index contributed by atoms with van der Waals surface area (Å²) in [5.41, 5.74) is 0.681. The molecular weight excluding hydrogens is 192 g/mol. The first kappa shape index (κ1) is 8.71. The molecule has 76 valence electrons. The van der Waals surface area contributed by atoms with Crippen molar-refractivity contribution < 1.29 is 14.9 Å². The second-order valence-electron chi connectivity index (χ2n) is 3.65. The molecule has 0 aliphatic carbocycles. The summed E-state index contributed by atoms with van der Waals surface area (Å²) < 4.78 is 5.13. The minimum atomic E-state index is -1.15. The van der Waals surface area contributed by atoms with Crippen LogP contribution in [0.1, 0.15) is 11.7 Å². The van der Waals surface area contributed by atoms with Crippen LogP contribution < -0.4 is 4.74 Å². The zero-order valence-corrected chi connectivity index (χ0v) is 7.92. The molecular formula is C12H10O3. The van der Waals surface area contributed by atoms with Crippen LogP contribution in [-0.4, -0.2) is 16.5 Å². The molecule has 0 bridgehead atoms. The van der Waals surface area contributed by atoms with E-state index in [4.69, 9.17) is 4.74 Å². The molecule has 3 nitrogen and oxygen atoms in total. The van der Waals surface area contributed by atoms with Crippen LogP contribution in [-0.2, 0) is 0 Å². The number of aliphatic hydroxyl groups is 2. The average Bonchev–Trinajstić information content (AvgIpc) is 2.55. The quantitative estimate of drug-likeness (QED) is 0.682. The Balaban J connectivity index is 2.35. The van der Waals surface area contributed by atoms with E-state index in [1.54, 1.807) is 6.07 Å². The molecule has 0 aromatic heterocycles. The van der Waals surface area contributed by atoms with Crippen molar-refractivity contribution in [1.29, 1.82) is 0 Å². The summed E-state index contributed by atoms with van der Waals surface area (Å²) in [6, 6.07) is 11.4. The second kappa shape index (κ2) is 2.95. The SMILES string of the molecule is O[C@H]1Oc2ccc3ccccc3c2[C@@H]1O. The van der Waals surface area contributed by atoms with Gasteiger partial charge in [0.1, 0.15) is 11.9 Å². The lowest BCUT2D eigenvalue weighted by atomic mass is 10.0. The summed E-state index contributed by atoms with van der Waals surface area (Å²) in [5, 5.41) is 21.1. The predicted octanol–water partition coefficient (Wildman–Crippen LogP) is 1.58. The first-order valence-corrected chi connectivity index (χ1v) is 4.82. The van der Waals surface area contributed by atoms with E-state index < -0.39 is 12.4 Å². The van der Waals surface area contributed by atoms with E-state index in [9.17, 15) is 10.2 Å². The molecule has 2 aromatic rings. The lowest BCUT2D eigenvalue weighted by Gasteiger charge is -2.06. The highest BCUT2D eigenvalue weighted by Gasteiger charge is 2.32. The van der Waals surface area contributed by atoms with Crippen molar-refractivity contribution in [1.82, 2.24) is 0 Å². The van der Waals surface area contributed by atoms with Crippen molar-refractivity contribution in [2.45, 2.75) is 12.4 Å². The van der Waals surface area contributed by atoms with Crippen molar-refractivity contribution in [2.75, 3.05) is 0 Å². The highest BCUT2D eigenvalue weighted by Crippen LogP contribution is 2.40. The van der Waals surface area contributed by atoms with Crippen molar-refractivity contribution in [2.24, 2.45) is 0 Å². The third-order valence-corrected chi connectivity index (χ3v) is 2.74. The van der Waals surface area contributed by atoms with E-state index in [-0.39, 0.29) is 0 Å². The first-order chi connectivity index (χ1) is 7.27. The summed E-state index contributed by atoms with van der Waals surface area (Å²) in [4.78, 5) is 0. The fourth-order valence-corrected chi connectivity index (χ4v) is 2.02. The number of benzene rings is 2. The standard InChI is InChI=1S/C12H10O3/c13-11-10-8-4-2-1-3-7(8)5-6-9(10)15-12(11)14/h1-6,11-14H/t11-,12-/m0/s1. The average molecular weight is 202 g/mol. The number of hydrogen-bond donors (Lipinski definition) is 2. The van der Waals surface area contributed by atoms with E-state index >= 15 is 0 Å². The predicted molar refractivity (Wildman–Crippen MR) is 55.5 cm³/mol. The lowest BCUT2D eigenvalue weighted by Crippen LogP contribution is -2.16. The molecule has 2 aromatic carbocycles. The third kappa shape index (κ3) is 1.14. The Morgan fingerprint density at radius 3 is 2.67 bits per heavy atom. The molecule has 3 rings (SSSR count). The van der Waals surface area contributed by atoms with Crippen molar-refractivity contribution in [3.8, 4) is 5.75 Å². The first-order valence-electron chi connectivity index (χ1n) is 4.82. The Bertz CT molecular complexity index is 521. The largest absolute Gasteiger partial charge is 0.462 e. The number of hydrogen-bond acceptors (Lipinski definition) is 3. The van der Waals surface area contributed by atoms with E-state index in [0.717, 1.165) is 10.8 Å². The van der Waals surface area contributed by atoms with Crippen LogP contribution in [0.3, 0.4) is 0 Å². The van der Waals surface area contributed by atoms with E-state index in [1.165, 1.54) is 0 Å². The fourth-order valence-electron chi connectivity index (χ4n) is 2.02. The van der Waals surface area contributed by atoms with Gasteiger partial charge in [0.05, 0.1) is 0 Å². The smallest absolute Gasteiger partial charge is 0.228 e. The zero-order valence-electron chi connectivity index (χ0n) is 7.92. The maximum Gasteiger partial charge on any atom is 0.228 e. The topological polar surface area (TPSA) is 49.7 Å². The Labute approximate surface area is 86.5 Å². The van der Waals surface area contributed by atoms with E-state index in [2.05, 4.69) is 0 Å². The normalized spacial score (nSPS) is 23.9. The summed E-state index contributed by atoms with van der Waals surface area (Å²) >= 11 is 0. The van der Waals surface area contributed by atoms with Gasteiger partial charge in [-0.2, -0.15) is 0 Å². The molecule has 2 N–H and O–H groups in total. The maximum absolute atomic E-state index is 9.77. The van der Waals surface area contributed by atoms with Crippen LogP contribution in [0.25, 0.3) is 10.8 Å². The van der Waals surface area contributed by atoms with Crippen molar-refractivity contribution in [3.05, 3.63) is 42.0 Å². The van der Waals surface area contributed by atoms with Crippen molar-refractivity contribution in [3.63, 3.8) is 0 Å². The molecule has 0 amide bonds. The van der Waals surface area contributed by atoms with Gasteiger partial charge < -0.3 is 14.9 Å². The summed E-state index contributed by atoms with van der Waals surface area (Å²) in [6.45, 7) is 0. The Hall–Kier alpha value is -1.58. The number of ether oxygens (including phenoxy) is 1. The highest BCUT2D eigenvalue weighted by atomic mass is 16.6. The molecule has 15 heavy (non-hydrogen) atoms. The maximum atomic E-state index is 9.77. The second-order valence-corrected chi connectivity index (χ2v) is 3.65. The van der Waals surface area contributed by atoms with Crippen LogP contribution in [0, 0.1) is 0 Å². The Kier molecular flexibility index (Phi) is 1.71. The lowest BCUT2D eigenvalue weighted by molar-refractivity contribution is -0.0824. The summed E-state index contributed by atoms with van der Waals surface area (Å²) in [7, 11) is 0. The Morgan fingerprint density at radius 1 is 1.00 bits per heavy atom. The minimum Gasteiger partial charge on any atom is -0.462 e. The summed E-state index contributed by atoms with van der Waals surface area (Å²) in [5.74, 6) is 0.564. The van der Waals surface area contributed by atoms with Crippen LogP contribution in [0.15, 0.2) is 36.4 Å². The van der Waals surface area contributed by atoms with Gasteiger partial charge in [-0.15, -0.1) is 0 Å². The highest BCUT2D eigenvalue weighted by molar-refractivity contribution is 5.88. The molecule has 3 heteroatoms. The van der Waals surface area contributed by atoms with Crippen molar-refractivity contribution >= 4 is 10.8 Å². The summed E-state index contributed by atoms with van der Waals surface area (Å²) in [6.07, 6.45) is -2.10. The molecule has 0 fully saturated rings. The molecule has 0 saturated heterocycles. The van der Waals surface area contributed by atoms with Crippen LogP contribution in [0.4, 0.5) is 0 Å². The Morgan fingerprint density at radius 2 is 1.80 bits per heavy atom. The molecule has 0 saturated carbocycles. The van der Waals surface area contributed by atoms with Gasteiger partial charge in [0.25, 0.3) is 0 Å². The van der Waals surface area contributed by atoms with Crippen LogP contribution in [0.2, 0.25) is 0 Å². The molecule has 1 aliphatic heterocycles. The third-order valence-electron chi connectivity index (χ3n) is 2.74. The van der Waals surface area contributed by atoms with E-state index in [0.29, 0.717) is 11.3 Å². The number of aliphatic hydroxyl groups excluding tert-OH is 2. The zero-order chi connectivity index (χ0) is 10.4. The van der Waals surface area contributed by atoms with Gasteiger partial charge in [-0.3, -0.25) is 0 Å². The molecule has 0 spiro atoms. The number of fused-ring (bicyclic) bond motifs is 3.